The van der Waals surface area contributed by atoms with Crippen molar-refractivity contribution < 1.29 is 19.0 Å². The molecule has 0 fully saturated rings. The Hall–Kier alpha value is -1.17. The Morgan fingerprint density at radius 1 is 1.26 bits per heavy atom. The van der Waals surface area contributed by atoms with Gasteiger partial charge in [0.05, 0.1) is 13.2 Å². The summed E-state index contributed by atoms with van der Waals surface area (Å²) in [6.07, 6.45) is 1.37. The predicted molar refractivity (Wildman–Crippen MR) is 71.8 cm³/mol. The van der Waals surface area contributed by atoms with Gasteiger partial charge in [-0.3, -0.25) is 0 Å². The molecule has 0 saturated carbocycles. The molecule has 4 nitrogen and oxygen atoms in total. The number of benzene rings is 1. The second-order valence-electron chi connectivity index (χ2n) is 4.18. The molecule has 0 spiro atoms. The summed E-state index contributed by atoms with van der Waals surface area (Å²) in [6.45, 7) is 2.40. The summed E-state index contributed by atoms with van der Waals surface area (Å²) in [5.74, 6) is -0.0552. The zero-order chi connectivity index (χ0) is 13.9. The molecule has 1 rings (SSSR count). The summed E-state index contributed by atoms with van der Waals surface area (Å²) in [5, 5.41) is 11.8. The Morgan fingerprint density at radius 3 is 2.84 bits per heavy atom. The lowest BCUT2D eigenvalue weighted by atomic mass is 10.2. The van der Waals surface area contributed by atoms with Gasteiger partial charge in [-0.1, -0.05) is 12.1 Å². The molecule has 1 aromatic carbocycles. The molecule has 0 aliphatic heterocycles. The summed E-state index contributed by atoms with van der Waals surface area (Å²) >= 11 is 0. The van der Waals surface area contributed by atoms with Crippen molar-refractivity contribution in [3.8, 4) is 5.75 Å². The van der Waals surface area contributed by atoms with Gasteiger partial charge in [-0.05, 0) is 18.9 Å². The first kappa shape index (κ1) is 15.9. The minimum atomic E-state index is -0.352. The average molecular weight is 271 g/mol. The van der Waals surface area contributed by atoms with Crippen LogP contribution in [0.4, 0.5) is 4.39 Å². The Bertz CT molecular complexity index is 361. The van der Waals surface area contributed by atoms with Gasteiger partial charge in [-0.2, -0.15) is 0 Å². The quantitative estimate of drug-likeness (QED) is 0.636. The van der Waals surface area contributed by atoms with E-state index in [9.17, 15) is 4.39 Å². The third kappa shape index (κ3) is 6.00. The molecular weight excluding hydrogens is 249 g/mol. The smallest absolute Gasteiger partial charge is 0.165 e. The molecule has 0 heterocycles. The molecule has 0 amide bonds. The topological polar surface area (TPSA) is 50.7 Å². The van der Waals surface area contributed by atoms with Gasteiger partial charge >= 0.3 is 0 Å². The summed E-state index contributed by atoms with van der Waals surface area (Å²) in [4.78, 5) is 0. The number of halogens is 1. The molecule has 0 bridgehead atoms. The van der Waals surface area contributed by atoms with Gasteiger partial charge in [0.1, 0.15) is 0 Å². The number of methoxy groups -OCH3 is 1. The van der Waals surface area contributed by atoms with Crippen molar-refractivity contribution in [2.24, 2.45) is 0 Å². The first-order valence-corrected chi connectivity index (χ1v) is 6.50. The third-order valence-electron chi connectivity index (χ3n) is 2.65. The van der Waals surface area contributed by atoms with Crippen LogP contribution < -0.4 is 10.1 Å². The first-order valence-electron chi connectivity index (χ1n) is 6.50. The van der Waals surface area contributed by atoms with Crippen LogP contribution in [0.1, 0.15) is 18.4 Å². The molecule has 0 radical (unpaired) electrons. The molecule has 0 saturated heterocycles. The van der Waals surface area contributed by atoms with Gasteiger partial charge in [0, 0.05) is 32.4 Å². The first-order chi connectivity index (χ1) is 9.29. The number of hydrogen-bond acceptors (Lipinski definition) is 4. The van der Waals surface area contributed by atoms with Gasteiger partial charge in [-0.25, -0.2) is 4.39 Å². The van der Waals surface area contributed by atoms with Crippen molar-refractivity contribution in [3.05, 3.63) is 29.6 Å². The fourth-order valence-corrected chi connectivity index (χ4v) is 1.64. The number of rotatable bonds is 10. The number of nitrogens with one attached hydrogen (secondary N) is 1. The van der Waals surface area contributed by atoms with Crippen LogP contribution in [-0.4, -0.2) is 38.6 Å². The number of aliphatic hydroxyl groups excluding tert-OH is 1. The number of hydrogen-bond donors (Lipinski definition) is 2. The standard InChI is InChI=1S/C14H22FNO3/c1-18-10-7-16-11-12-5-4-6-13(15)14(12)19-9-3-2-8-17/h4-6,16-17H,2-3,7-11H2,1H3. The Labute approximate surface area is 113 Å². The predicted octanol–water partition coefficient (Wildman–Crippen LogP) is 1.71. The van der Waals surface area contributed by atoms with E-state index >= 15 is 0 Å². The average Bonchev–Trinajstić information content (AvgIpc) is 2.42. The fourth-order valence-electron chi connectivity index (χ4n) is 1.64. The second kappa shape index (κ2) is 9.72. The summed E-state index contributed by atoms with van der Waals surface area (Å²) in [7, 11) is 1.64. The highest BCUT2D eigenvalue weighted by molar-refractivity contribution is 5.34. The van der Waals surface area contributed by atoms with Crippen molar-refractivity contribution >= 4 is 0 Å². The largest absolute Gasteiger partial charge is 0.490 e. The molecule has 2 N–H and O–H groups in total. The molecular formula is C14H22FNO3. The maximum absolute atomic E-state index is 13.7. The zero-order valence-corrected chi connectivity index (χ0v) is 11.3. The summed E-state index contributed by atoms with van der Waals surface area (Å²) in [6, 6.07) is 4.90. The Balaban J connectivity index is 2.51. The van der Waals surface area contributed by atoms with Gasteiger partial charge < -0.3 is 19.9 Å². The molecule has 0 aromatic heterocycles. The Morgan fingerprint density at radius 2 is 2.11 bits per heavy atom. The highest BCUT2D eigenvalue weighted by Crippen LogP contribution is 2.22. The number of unbranched alkanes of at least 4 members (excludes halogenated alkanes) is 1. The van der Waals surface area contributed by atoms with E-state index in [1.54, 1.807) is 13.2 Å². The third-order valence-corrected chi connectivity index (χ3v) is 2.65. The number of ether oxygens (including phenoxy) is 2. The van der Waals surface area contributed by atoms with Crippen LogP contribution in [-0.2, 0) is 11.3 Å². The van der Waals surface area contributed by atoms with Gasteiger partial charge in [0.25, 0.3) is 0 Å². The molecule has 0 atom stereocenters. The highest BCUT2D eigenvalue weighted by atomic mass is 19.1. The van der Waals surface area contributed by atoms with Crippen LogP contribution in [0, 0.1) is 5.82 Å². The molecule has 0 unspecified atom stereocenters. The van der Waals surface area contributed by atoms with E-state index in [1.165, 1.54) is 6.07 Å². The van der Waals surface area contributed by atoms with Gasteiger partial charge in [0.2, 0.25) is 0 Å². The molecule has 1 aromatic rings. The molecule has 19 heavy (non-hydrogen) atoms. The molecule has 5 heteroatoms. The molecule has 0 aliphatic carbocycles. The van der Waals surface area contributed by atoms with E-state index in [-0.39, 0.29) is 12.4 Å². The van der Waals surface area contributed by atoms with Gasteiger partial charge in [-0.15, -0.1) is 0 Å². The summed E-state index contributed by atoms with van der Waals surface area (Å²) in [5.41, 5.74) is 0.792. The minimum absolute atomic E-state index is 0.131. The van der Waals surface area contributed by atoms with Crippen molar-refractivity contribution in [2.45, 2.75) is 19.4 Å². The molecule has 108 valence electrons. The van der Waals surface area contributed by atoms with E-state index in [0.717, 1.165) is 5.56 Å². The normalized spacial score (nSPS) is 10.7. The van der Waals surface area contributed by atoms with Crippen molar-refractivity contribution in [2.75, 3.05) is 33.5 Å². The maximum atomic E-state index is 13.7. The second-order valence-corrected chi connectivity index (χ2v) is 4.18. The highest BCUT2D eigenvalue weighted by Gasteiger charge is 2.09. The minimum Gasteiger partial charge on any atom is -0.490 e. The van der Waals surface area contributed by atoms with E-state index in [1.807, 2.05) is 6.07 Å². The lowest BCUT2D eigenvalue weighted by molar-refractivity contribution is 0.199. The van der Waals surface area contributed by atoms with Crippen LogP contribution in [0.25, 0.3) is 0 Å². The van der Waals surface area contributed by atoms with Crippen LogP contribution in [0.2, 0.25) is 0 Å². The van der Waals surface area contributed by atoms with Crippen molar-refractivity contribution in [3.63, 3.8) is 0 Å². The molecule has 0 aliphatic rings. The van der Waals surface area contributed by atoms with E-state index in [2.05, 4.69) is 5.32 Å². The lowest BCUT2D eigenvalue weighted by Crippen LogP contribution is -2.19. The SMILES string of the molecule is COCCNCc1cccc(F)c1OCCCCO. The van der Waals surface area contributed by atoms with Gasteiger partial charge in [0.15, 0.2) is 11.6 Å². The van der Waals surface area contributed by atoms with Crippen molar-refractivity contribution in [1.29, 1.82) is 0 Å². The van der Waals surface area contributed by atoms with E-state index in [4.69, 9.17) is 14.6 Å². The maximum Gasteiger partial charge on any atom is 0.165 e. The monoisotopic (exact) mass is 271 g/mol. The van der Waals surface area contributed by atoms with Crippen molar-refractivity contribution in [1.82, 2.24) is 5.32 Å². The van der Waals surface area contributed by atoms with E-state index in [0.29, 0.717) is 44.9 Å². The number of aliphatic hydroxyl groups is 1. The zero-order valence-electron chi connectivity index (χ0n) is 11.3. The number of para-hydroxylation sites is 1. The van der Waals surface area contributed by atoms with E-state index < -0.39 is 0 Å². The van der Waals surface area contributed by atoms with Crippen LogP contribution in [0.15, 0.2) is 18.2 Å². The van der Waals surface area contributed by atoms with Crippen LogP contribution in [0.3, 0.4) is 0 Å². The fraction of sp³-hybridized carbons (Fsp3) is 0.571. The lowest BCUT2D eigenvalue weighted by Gasteiger charge is -2.13. The summed E-state index contributed by atoms with van der Waals surface area (Å²) < 4.78 is 24.1. The Kier molecular flexibility index (Phi) is 8.13. The van der Waals surface area contributed by atoms with Crippen LogP contribution in [0.5, 0.6) is 5.75 Å². The van der Waals surface area contributed by atoms with Crippen LogP contribution >= 0.6 is 0 Å².